The maximum Gasteiger partial charge on any atom is 0.0113 e. The first-order valence-corrected chi connectivity index (χ1v) is 8.23. The molecular formula is C16H30N2. The van der Waals surface area contributed by atoms with Gasteiger partial charge in [0, 0.05) is 18.1 Å². The van der Waals surface area contributed by atoms with E-state index in [2.05, 4.69) is 11.8 Å². The monoisotopic (exact) mass is 250 g/mol. The topological polar surface area (TPSA) is 29.3 Å². The van der Waals surface area contributed by atoms with E-state index in [0.717, 1.165) is 23.9 Å². The van der Waals surface area contributed by atoms with Crippen molar-refractivity contribution in [3.05, 3.63) is 0 Å². The summed E-state index contributed by atoms with van der Waals surface area (Å²) in [5.74, 6) is 2.02. The predicted octanol–water partition coefficient (Wildman–Crippen LogP) is 3.16. The fourth-order valence-electron chi connectivity index (χ4n) is 4.63. The Bertz CT molecular complexity index is 256. The molecule has 2 heterocycles. The normalized spacial score (nSPS) is 45.3. The van der Waals surface area contributed by atoms with Crippen LogP contribution >= 0.6 is 0 Å². The van der Waals surface area contributed by atoms with E-state index >= 15 is 0 Å². The number of fused-ring (bicyclic) bond motifs is 2. The van der Waals surface area contributed by atoms with E-state index in [0.29, 0.717) is 6.04 Å². The van der Waals surface area contributed by atoms with Gasteiger partial charge >= 0.3 is 0 Å². The maximum absolute atomic E-state index is 6.15. The van der Waals surface area contributed by atoms with Crippen LogP contribution in [0.4, 0.5) is 0 Å². The summed E-state index contributed by atoms with van der Waals surface area (Å²) in [6.07, 6.45) is 12.7. The third kappa shape index (κ3) is 2.75. The van der Waals surface area contributed by atoms with E-state index < -0.39 is 0 Å². The van der Waals surface area contributed by atoms with Crippen LogP contribution in [0.1, 0.15) is 64.7 Å². The molecule has 2 N–H and O–H groups in total. The number of nitrogens with zero attached hydrogens (tertiary/aromatic N) is 1. The van der Waals surface area contributed by atoms with Crippen molar-refractivity contribution < 1.29 is 0 Å². The standard InChI is InChI=1S/C16H30N2/c1-12-2-4-13(5-3-12)8-9-18-15-6-7-16(18)11-14(17)10-15/h12-16H,2-11,17H2,1H3. The molecule has 18 heavy (non-hydrogen) atoms. The van der Waals surface area contributed by atoms with E-state index in [-0.39, 0.29) is 0 Å². The Labute approximate surface area is 112 Å². The summed E-state index contributed by atoms with van der Waals surface area (Å²) in [7, 11) is 0. The number of hydrogen-bond donors (Lipinski definition) is 1. The van der Waals surface area contributed by atoms with E-state index in [1.807, 2.05) is 0 Å². The lowest BCUT2D eigenvalue weighted by atomic mass is 9.81. The molecule has 1 aliphatic carbocycles. The van der Waals surface area contributed by atoms with Crippen molar-refractivity contribution >= 4 is 0 Å². The van der Waals surface area contributed by atoms with Gasteiger partial charge in [-0.15, -0.1) is 0 Å². The lowest BCUT2D eigenvalue weighted by Gasteiger charge is -2.39. The summed E-state index contributed by atoms with van der Waals surface area (Å²) in [4.78, 5) is 2.82. The smallest absolute Gasteiger partial charge is 0.0113 e. The van der Waals surface area contributed by atoms with E-state index in [9.17, 15) is 0 Å². The summed E-state index contributed by atoms with van der Waals surface area (Å²) in [5, 5.41) is 0. The van der Waals surface area contributed by atoms with Gasteiger partial charge in [-0.1, -0.05) is 32.6 Å². The molecule has 3 aliphatic rings. The largest absolute Gasteiger partial charge is 0.328 e. The van der Waals surface area contributed by atoms with Gasteiger partial charge in [0.05, 0.1) is 0 Å². The van der Waals surface area contributed by atoms with Crippen LogP contribution in [0.15, 0.2) is 0 Å². The van der Waals surface area contributed by atoms with Crippen LogP contribution in [-0.2, 0) is 0 Å². The summed E-state index contributed by atoms with van der Waals surface area (Å²) in [6, 6.07) is 2.16. The van der Waals surface area contributed by atoms with E-state index in [1.165, 1.54) is 64.3 Å². The second-order valence-corrected chi connectivity index (χ2v) is 7.27. The molecular weight excluding hydrogens is 220 g/mol. The van der Waals surface area contributed by atoms with Crippen LogP contribution in [0.25, 0.3) is 0 Å². The highest BCUT2D eigenvalue weighted by atomic mass is 15.2. The minimum atomic E-state index is 0.495. The average Bonchev–Trinajstić information content (AvgIpc) is 2.60. The molecule has 0 amide bonds. The van der Waals surface area contributed by atoms with Crippen LogP contribution in [0, 0.1) is 11.8 Å². The highest BCUT2D eigenvalue weighted by Gasteiger charge is 2.39. The highest BCUT2D eigenvalue weighted by molar-refractivity contribution is 4.96. The number of piperidine rings is 1. The zero-order valence-electron chi connectivity index (χ0n) is 12.0. The third-order valence-corrected chi connectivity index (χ3v) is 5.85. The lowest BCUT2D eigenvalue weighted by molar-refractivity contribution is 0.113. The SMILES string of the molecule is CC1CCC(CCN2C3CCC2CC(N)C3)CC1. The first kappa shape index (κ1) is 12.9. The number of rotatable bonds is 3. The van der Waals surface area contributed by atoms with E-state index in [1.54, 1.807) is 0 Å². The zero-order valence-corrected chi connectivity index (χ0v) is 12.0. The van der Waals surface area contributed by atoms with E-state index in [4.69, 9.17) is 5.73 Å². The maximum atomic E-state index is 6.15. The summed E-state index contributed by atoms with van der Waals surface area (Å²) in [6.45, 7) is 3.78. The van der Waals surface area contributed by atoms with Crippen LogP contribution in [0.3, 0.4) is 0 Å². The van der Waals surface area contributed by atoms with Gasteiger partial charge in [0.15, 0.2) is 0 Å². The molecule has 0 aromatic carbocycles. The molecule has 2 heteroatoms. The first-order chi connectivity index (χ1) is 8.72. The Morgan fingerprint density at radius 2 is 1.56 bits per heavy atom. The molecule has 2 nitrogen and oxygen atoms in total. The predicted molar refractivity (Wildman–Crippen MR) is 76.5 cm³/mol. The van der Waals surface area contributed by atoms with Crippen molar-refractivity contribution in [2.75, 3.05) is 6.54 Å². The van der Waals surface area contributed by atoms with Crippen LogP contribution in [-0.4, -0.2) is 29.6 Å². The molecule has 0 aromatic rings. The molecule has 2 atom stereocenters. The molecule has 2 aliphatic heterocycles. The third-order valence-electron chi connectivity index (χ3n) is 5.85. The Morgan fingerprint density at radius 1 is 0.944 bits per heavy atom. The second-order valence-electron chi connectivity index (χ2n) is 7.27. The van der Waals surface area contributed by atoms with Gasteiger partial charge in [-0.25, -0.2) is 0 Å². The first-order valence-electron chi connectivity index (χ1n) is 8.23. The zero-order chi connectivity index (χ0) is 12.5. The van der Waals surface area contributed by atoms with Gasteiger partial charge in [-0.3, -0.25) is 4.90 Å². The molecule has 2 saturated heterocycles. The second kappa shape index (κ2) is 5.50. The van der Waals surface area contributed by atoms with Gasteiger partial charge in [0.2, 0.25) is 0 Å². The average molecular weight is 250 g/mol. The Balaban J connectivity index is 1.46. The van der Waals surface area contributed by atoms with Crippen molar-refractivity contribution in [1.29, 1.82) is 0 Å². The van der Waals surface area contributed by atoms with Crippen molar-refractivity contribution in [2.45, 2.75) is 82.8 Å². The van der Waals surface area contributed by atoms with Gasteiger partial charge in [-0.2, -0.15) is 0 Å². The highest BCUT2D eigenvalue weighted by Crippen LogP contribution is 2.37. The van der Waals surface area contributed by atoms with Gasteiger partial charge in [0.25, 0.3) is 0 Å². The Hall–Kier alpha value is -0.0800. The number of hydrogen-bond acceptors (Lipinski definition) is 2. The Kier molecular flexibility index (Phi) is 3.95. The van der Waals surface area contributed by atoms with Crippen LogP contribution in [0.2, 0.25) is 0 Å². The fourth-order valence-corrected chi connectivity index (χ4v) is 4.63. The molecule has 3 fully saturated rings. The van der Waals surface area contributed by atoms with Gasteiger partial charge < -0.3 is 5.73 Å². The summed E-state index contributed by atoms with van der Waals surface area (Å²) in [5.41, 5.74) is 6.15. The van der Waals surface area contributed by atoms with Crippen LogP contribution in [0.5, 0.6) is 0 Å². The molecule has 0 radical (unpaired) electrons. The molecule has 1 saturated carbocycles. The molecule has 0 spiro atoms. The van der Waals surface area contributed by atoms with Gasteiger partial charge in [0.1, 0.15) is 0 Å². The van der Waals surface area contributed by atoms with Crippen molar-refractivity contribution in [3.8, 4) is 0 Å². The molecule has 0 aromatic heterocycles. The quantitative estimate of drug-likeness (QED) is 0.833. The molecule has 2 bridgehead atoms. The molecule has 2 unspecified atom stereocenters. The fraction of sp³-hybridized carbons (Fsp3) is 1.00. The minimum Gasteiger partial charge on any atom is -0.328 e. The summed E-state index contributed by atoms with van der Waals surface area (Å²) < 4.78 is 0. The summed E-state index contributed by atoms with van der Waals surface area (Å²) >= 11 is 0. The number of nitrogens with two attached hydrogens (primary N) is 1. The van der Waals surface area contributed by atoms with Crippen LogP contribution < -0.4 is 5.73 Å². The Morgan fingerprint density at radius 3 is 2.17 bits per heavy atom. The van der Waals surface area contributed by atoms with Crippen molar-refractivity contribution in [2.24, 2.45) is 17.6 Å². The van der Waals surface area contributed by atoms with Crippen molar-refractivity contribution in [3.63, 3.8) is 0 Å². The molecule has 104 valence electrons. The van der Waals surface area contributed by atoms with Gasteiger partial charge in [-0.05, 0) is 50.5 Å². The minimum absolute atomic E-state index is 0.495. The van der Waals surface area contributed by atoms with Crippen molar-refractivity contribution in [1.82, 2.24) is 4.90 Å². The lowest BCUT2D eigenvalue weighted by Crippen LogP contribution is -2.47. The molecule has 3 rings (SSSR count).